The highest BCUT2D eigenvalue weighted by Crippen LogP contribution is 2.24. The number of H-pyrrole nitrogens is 1. The molecule has 0 amide bonds. The Kier molecular flexibility index (Phi) is 2.46. The summed E-state index contributed by atoms with van der Waals surface area (Å²) in [4.78, 5) is 3.06. The Balaban J connectivity index is 1.92. The number of aromatic amines is 1. The molecule has 0 aliphatic carbocycles. The number of rotatable bonds is 2. The molecule has 0 aromatic carbocycles. The molecule has 3 rings (SSSR count). The predicted molar refractivity (Wildman–Crippen MR) is 60.9 cm³/mol. The highest BCUT2D eigenvalue weighted by Gasteiger charge is 2.18. The molecule has 0 bridgehead atoms. The Morgan fingerprint density at radius 1 is 1.44 bits per heavy atom. The number of aromatic nitrogens is 4. The van der Waals surface area contributed by atoms with Crippen molar-refractivity contribution in [3.05, 3.63) is 24.7 Å². The van der Waals surface area contributed by atoms with Gasteiger partial charge in [0.1, 0.15) is 6.33 Å². The van der Waals surface area contributed by atoms with Crippen LogP contribution in [0.1, 0.15) is 18.9 Å². The second-order valence-electron chi connectivity index (χ2n) is 4.14. The van der Waals surface area contributed by atoms with Crippen molar-refractivity contribution < 1.29 is 0 Å². The van der Waals surface area contributed by atoms with Gasteiger partial charge in [0.15, 0.2) is 5.82 Å². The van der Waals surface area contributed by atoms with Gasteiger partial charge in [-0.1, -0.05) is 0 Å². The van der Waals surface area contributed by atoms with Gasteiger partial charge in [0, 0.05) is 18.8 Å². The van der Waals surface area contributed by atoms with Crippen LogP contribution in [0.5, 0.6) is 0 Å². The van der Waals surface area contributed by atoms with Crippen molar-refractivity contribution >= 4 is 0 Å². The monoisotopic (exact) mass is 217 g/mol. The molecule has 0 spiro atoms. The van der Waals surface area contributed by atoms with Gasteiger partial charge in [-0.15, -0.1) is 10.2 Å². The standard InChI is InChI=1S/C11H15N5/c1-3-9(7-12-5-1)16-6-2-4-10(16)11-13-8-14-15-11/h2,4,6,8-9,12H,1,3,5,7H2,(H,13,14,15). The smallest absolute Gasteiger partial charge is 0.177 e. The van der Waals surface area contributed by atoms with E-state index < -0.39 is 0 Å². The largest absolute Gasteiger partial charge is 0.341 e. The molecule has 84 valence electrons. The number of hydrogen-bond donors (Lipinski definition) is 2. The molecule has 0 saturated carbocycles. The Bertz CT molecular complexity index is 439. The summed E-state index contributed by atoms with van der Waals surface area (Å²) in [6.45, 7) is 2.17. The van der Waals surface area contributed by atoms with E-state index >= 15 is 0 Å². The fraction of sp³-hybridized carbons (Fsp3) is 0.455. The van der Waals surface area contributed by atoms with Crippen LogP contribution in [-0.2, 0) is 0 Å². The summed E-state index contributed by atoms with van der Waals surface area (Å²) in [5.41, 5.74) is 1.12. The number of hydrogen-bond acceptors (Lipinski definition) is 3. The van der Waals surface area contributed by atoms with Crippen LogP contribution in [0.4, 0.5) is 0 Å². The minimum Gasteiger partial charge on any atom is -0.341 e. The van der Waals surface area contributed by atoms with E-state index in [0.29, 0.717) is 6.04 Å². The molecule has 1 unspecified atom stereocenters. The molecule has 3 heterocycles. The zero-order valence-electron chi connectivity index (χ0n) is 9.06. The molecule has 2 N–H and O–H groups in total. The molecule has 1 atom stereocenters. The van der Waals surface area contributed by atoms with E-state index in [1.165, 1.54) is 12.8 Å². The first-order valence-corrected chi connectivity index (χ1v) is 5.69. The van der Waals surface area contributed by atoms with Gasteiger partial charge in [0.25, 0.3) is 0 Å². The third kappa shape index (κ3) is 1.63. The second-order valence-corrected chi connectivity index (χ2v) is 4.14. The van der Waals surface area contributed by atoms with E-state index in [-0.39, 0.29) is 0 Å². The lowest BCUT2D eigenvalue weighted by Crippen LogP contribution is -2.31. The Morgan fingerprint density at radius 3 is 3.19 bits per heavy atom. The van der Waals surface area contributed by atoms with Crippen LogP contribution in [0.15, 0.2) is 24.7 Å². The molecule has 5 nitrogen and oxygen atoms in total. The van der Waals surface area contributed by atoms with Gasteiger partial charge in [0.2, 0.25) is 0 Å². The van der Waals surface area contributed by atoms with Gasteiger partial charge in [-0.3, -0.25) is 0 Å². The first kappa shape index (κ1) is 9.59. The van der Waals surface area contributed by atoms with Crippen LogP contribution in [0.2, 0.25) is 0 Å². The van der Waals surface area contributed by atoms with Gasteiger partial charge in [0.05, 0.1) is 5.69 Å². The quantitative estimate of drug-likeness (QED) is 0.794. The summed E-state index contributed by atoms with van der Waals surface area (Å²) in [5.74, 6) is 0.843. The second kappa shape index (κ2) is 4.09. The zero-order valence-corrected chi connectivity index (χ0v) is 9.06. The normalized spacial score (nSPS) is 21.1. The summed E-state index contributed by atoms with van der Waals surface area (Å²) in [6, 6.07) is 4.67. The van der Waals surface area contributed by atoms with Crippen LogP contribution in [0, 0.1) is 0 Å². The first-order chi connectivity index (χ1) is 7.95. The van der Waals surface area contributed by atoms with Crippen molar-refractivity contribution in [2.24, 2.45) is 0 Å². The minimum atomic E-state index is 0.531. The van der Waals surface area contributed by atoms with E-state index in [0.717, 1.165) is 24.6 Å². The van der Waals surface area contributed by atoms with E-state index in [4.69, 9.17) is 0 Å². The minimum absolute atomic E-state index is 0.531. The van der Waals surface area contributed by atoms with Gasteiger partial charge >= 0.3 is 0 Å². The fourth-order valence-electron chi connectivity index (χ4n) is 2.31. The zero-order chi connectivity index (χ0) is 10.8. The topological polar surface area (TPSA) is 58.5 Å². The Hall–Kier alpha value is -1.62. The molecular formula is C11H15N5. The summed E-state index contributed by atoms with van der Waals surface area (Å²) >= 11 is 0. The van der Waals surface area contributed by atoms with Crippen LogP contribution in [-0.4, -0.2) is 32.8 Å². The van der Waals surface area contributed by atoms with Crippen molar-refractivity contribution in [1.82, 2.24) is 25.1 Å². The third-order valence-corrected chi connectivity index (χ3v) is 3.10. The van der Waals surface area contributed by atoms with E-state index in [2.05, 4.69) is 43.4 Å². The maximum absolute atomic E-state index is 4.07. The highest BCUT2D eigenvalue weighted by molar-refractivity contribution is 5.49. The summed E-state index contributed by atoms with van der Waals surface area (Å²) in [7, 11) is 0. The van der Waals surface area contributed by atoms with Crippen molar-refractivity contribution in [2.45, 2.75) is 18.9 Å². The molecule has 1 aliphatic rings. The van der Waals surface area contributed by atoms with Crippen LogP contribution >= 0.6 is 0 Å². The van der Waals surface area contributed by atoms with Gasteiger partial charge in [-0.25, -0.2) is 0 Å². The average Bonchev–Trinajstić information content (AvgIpc) is 3.01. The van der Waals surface area contributed by atoms with Crippen molar-refractivity contribution in [3.63, 3.8) is 0 Å². The fourth-order valence-corrected chi connectivity index (χ4v) is 2.31. The molecular weight excluding hydrogens is 202 g/mol. The molecule has 1 fully saturated rings. The summed E-state index contributed by atoms with van der Waals surface area (Å²) in [5, 5.41) is 11.3. The van der Waals surface area contributed by atoms with E-state index in [1.54, 1.807) is 6.33 Å². The van der Waals surface area contributed by atoms with Gasteiger partial charge < -0.3 is 14.9 Å². The number of nitrogens with one attached hydrogen (secondary N) is 2. The highest BCUT2D eigenvalue weighted by atomic mass is 15.2. The molecule has 2 aromatic heterocycles. The Morgan fingerprint density at radius 2 is 2.44 bits per heavy atom. The van der Waals surface area contributed by atoms with Gasteiger partial charge in [-0.05, 0) is 31.5 Å². The van der Waals surface area contributed by atoms with Crippen LogP contribution in [0.25, 0.3) is 11.5 Å². The van der Waals surface area contributed by atoms with E-state index in [9.17, 15) is 0 Å². The lowest BCUT2D eigenvalue weighted by molar-refractivity contribution is 0.374. The van der Waals surface area contributed by atoms with Crippen LogP contribution in [0.3, 0.4) is 0 Å². The lowest BCUT2D eigenvalue weighted by atomic mass is 10.1. The molecule has 5 heteroatoms. The number of nitrogens with zero attached hydrogens (tertiary/aromatic N) is 3. The molecule has 2 aromatic rings. The molecule has 0 radical (unpaired) electrons. The van der Waals surface area contributed by atoms with E-state index in [1.807, 2.05) is 0 Å². The maximum Gasteiger partial charge on any atom is 0.177 e. The lowest BCUT2D eigenvalue weighted by Gasteiger charge is -2.25. The van der Waals surface area contributed by atoms with Crippen molar-refractivity contribution in [3.8, 4) is 11.5 Å². The maximum atomic E-state index is 4.07. The first-order valence-electron chi connectivity index (χ1n) is 5.69. The predicted octanol–water partition coefficient (Wildman–Crippen LogP) is 1.20. The van der Waals surface area contributed by atoms with Crippen molar-refractivity contribution in [1.29, 1.82) is 0 Å². The summed E-state index contributed by atoms with van der Waals surface area (Å²) < 4.78 is 2.28. The molecule has 1 aliphatic heterocycles. The average molecular weight is 217 g/mol. The van der Waals surface area contributed by atoms with Crippen molar-refractivity contribution in [2.75, 3.05) is 13.1 Å². The molecule has 1 saturated heterocycles. The third-order valence-electron chi connectivity index (χ3n) is 3.10. The number of piperidine rings is 1. The van der Waals surface area contributed by atoms with Crippen LogP contribution < -0.4 is 5.32 Å². The summed E-state index contributed by atoms with van der Waals surface area (Å²) in [6.07, 6.45) is 6.20. The Labute approximate surface area is 93.9 Å². The van der Waals surface area contributed by atoms with Gasteiger partial charge in [-0.2, -0.15) is 0 Å². The molecule has 16 heavy (non-hydrogen) atoms. The SMILES string of the molecule is c1cc(-c2nnc[nH]2)n(C2CCCNC2)c1.